The summed E-state index contributed by atoms with van der Waals surface area (Å²) in [4.78, 5) is -0.0488. The summed E-state index contributed by atoms with van der Waals surface area (Å²) < 4.78 is 132. The fraction of sp³-hybridized carbons (Fsp3) is 0.400. The van der Waals surface area contributed by atoms with Crippen molar-refractivity contribution in [2.24, 2.45) is 0 Å². The molecule has 0 aliphatic heterocycles. The van der Waals surface area contributed by atoms with Crippen molar-refractivity contribution in [3.8, 4) is 11.6 Å². The maximum Gasteiger partial charge on any atom is 0.440 e. The Morgan fingerprint density at radius 2 is 1.70 bits per heavy atom. The van der Waals surface area contributed by atoms with Crippen LogP contribution in [0.3, 0.4) is 0 Å². The second-order valence-electron chi connectivity index (χ2n) is 5.86. The van der Waals surface area contributed by atoms with Crippen molar-refractivity contribution in [1.82, 2.24) is 9.78 Å². The van der Waals surface area contributed by atoms with Crippen molar-refractivity contribution in [2.45, 2.75) is 36.5 Å². The first-order valence-corrected chi connectivity index (χ1v) is 8.63. The van der Waals surface area contributed by atoms with Gasteiger partial charge in [-0.3, -0.25) is 0 Å². The molecule has 1 aromatic heterocycles. The van der Waals surface area contributed by atoms with Crippen LogP contribution in [-0.2, 0) is 0 Å². The second kappa shape index (κ2) is 8.07. The molecule has 0 saturated carbocycles. The smallest absolute Gasteiger partial charge is 0.410 e. The van der Waals surface area contributed by atoms with Gasteiger partial charge in [-0.15, -0.1) is 16.9 Å². The van der Waals surface area contributed by atoms with E-state index in [-0.39, 0.29) is 10.5 Å². The van der Waals surface area contributed by atoms with E-state index in [0.717, 1.165) is 12.1 Å². The van der Waals surface area contributed by atoms with E-state index in [9.17, 15) is 43.9 Å². The van der Waals surface area contributed by atoms with Crippen LogP contribution in [0.2, 0.25) is 0 Å². The van der Waals surface area contributed by atoms with E-state index in [1.165, 1.54) is 6.92 Å². The van der Waals surface area contributed by atoms with Gasteiger partial charge in [0.05, 0.1) is 5.75 Å². The molecular formula is C15H11F10N3OS. The van der Waals surface area contributed by atoms with Crippen molar-refractivity contribution < 1.29 is 48.6 Å². The Bertz CT molecular complexity index is 909. The van der Waals surface area contributed by atoms with Crippen molar-refractivity contribution in [3.05, 3.63) is 29.6 Å². The summed E-state index contributed by atoms with van der Waals surface area (Å²) in [5, 5.41) is 3.25. The highest BCUT2D eigenvalue weighted by atomic mass is 32.2. The minimum Gasteiger partial charge on any atom is -0.410 e. The average molecular weight is 471 g/mol. The van der Waals surface area contributed by atoms with Crippen molar-refractivity contribution >= 4 is 17.6 Å². The van der Waals surface area contributed by atoms with Gasteiger partial charge in [0.25, 0.3) is 6.17 Å². The third kappa shape index (κ3) is 5.64. The van der Waals surface area contributed by atoms with Gasteiger partial charge in [0, 0.05) is 11.0 Å². The molecule has 1 atom stereocenters. The Morgan fingerprint density at radius 3 is 2.23 bits per heavy atom. The lowest BCUT2D eigenvalue weighted by Gasteiger charge is -2.21. The van der Waals surface area contributed by atoms with E-state index >= 15 is 0 Å². The standard InChI is InChI=1S/C15H11F10N3OS/c1-6-2-7(16)8(3-9(6)30-5-13(18,19)20)28-10(26)4-11(27-28)29-15(24,25)12(17)14(21,22)23/h2-4,12H,5,26H2,1H3. The van der Waals surface area contributed by atoms with Gasteiger partial charge < -0.3 is 10.5 Å². The number of halogens is 10. The van der Waals surface area contributed by atoms with Gasteiger partial charge in [0.1, 0.15) is 17.3 Å². The van der Waals surface area contributed by atoms with E-state index in [1.807, 2.05) is 0 Å². The maximum absolute atomic E-state index is 14.3. The number of ether oxygens (including phenoxy) is 1. The van der Waals surface area contributed by atoms with Gasteiger partial charge >= 0.3 is 18.5 Å². The molecule has 1 heterocycles. The number of nitrogens with two attached hydrogens (primary N) is 1. The number of nitrogens with zero attached hydrogens (tertiary/aromatic N) is 2. The molecule has 0 fully saturated rings. The lowest BCUT2D eigenvalue weighted by molar-refractivity contribution is -0.305. The van der Waals surface area contributed by atoms with Gasteiger partial charge in [-0.05, 0) is 24.6 Å². The van der Waals surface area contributed by atoms with E-state index in [2.05, 4.69) is 9.84 Å². The Balaban J connectivity index is 2.36. The molecule has 2 rings (SSSR count). The van der Waals surface area contributed by atoms with Crippen molar-refractivity contribution in [1.29, 1.82) is 0 Å². The van der Waals surface area contributed by atoms with Crippen molar-refractivity contribution in [2.75, 3.05) is 11.5 Å². The molecule has 30 heavy (non-hydrogen) atoms. The highest BCUT2D eigenvalue weighted by Crippen LogP contribution is 2.37. The molecule has 15 heteroatoms. The minimum absolute atomic E-state index is 0.0488. The maximum atomic E-state index is 14.3. The highest BCUT2D eigenvalue weighted by molar-refractivity contribution is 7.99. The Labute approximate surface area is 166 Å². The molecule has 2 N–H and O–H groups in total. The molecule has 1 aromatic carbocycles. The molecule has 0 bridgehead atoms. The molecule has 0 spiro atoms. The number of benzene rings is 1. The third-order valence-electron chi connectivity index (χ3n) is 3.40. The first kappa shape index (κ1) is 24.0. The molecule has 0 aliphatic carbocycles. The number of anilines is 1. The Hall–Kier alpha value is -2.32. The first-order chi connectivity index (χ1) is 13.5. The first-order valence-electron chi connectivity index (χ1n) is 7.64. The predicted molar refractivity (Wildman–Crippen MR) is 86.0 cm³/mol. The van der Waals surface area contributed by atoms with Crippen LogP contribution in [0.15, 0.2) is 23.1 Å². The third-order valence-corrected chi connectivity index (χ3v) is 4.62. The van der Waals surface area contributed by atoms with Crippen LogP contribution in [-0.4, -0.2) is 40.2 Å². The van der Waals surface area contributed by atoms with E-state index in [1.54, 1.807) is 0 Å². The van der Waals surface area contributed by atoms with Crippen LogP contribution in [0, 0.1) is 12.7 Å². The molecule has 0 amide bonds. The highest BCUT2D eigenvalue weighted by Gasteiger charge is 2.59. The monoisotopic (exact) mass is 471 g/mol. The normalized spacial score (nSPS) is 14.1. The predicted octanol–water partition coefficient (Wildman–Crippen LogP) is 5.43. The zero-order chi connectivity index (χ0) is 23.1. The summed E-state index contributed by atoms with van der Waals surface area (Å²) in [5.41, 5.74) is 4.99. The number of alkyl halides is 9. The minimum atomic E-state index is -5.94. The van der Waals surface area contributed by atoms with Crippen LogP contribution in [0.4, 0.5) is 49.7 Å². The lowest BCUT2D eigenvalue weighted by Crippen LogP contribution is -2.45. The average Bonchev–Trinajstić information content (AvgIpc) is 2.91. The quantitative estimate of drug-likeness (QED) is 0.451. The summed E-state index contributed by atoms with van der Waals surface area (Å²) in [6, 6.07) is 2.18. The number of hydrogen-bond donors (Lipinski definition) is 1. The van der Waals surface area contributed by atoms with Crippen LogP contribution < -0.4 is 10.5 Å². The molecule has 0 radical (unpaired) electrons. The number of nitrogen functional groups attached to an aromatic ring is 1. The fourth-order valence-corrected chi connectivity index (χ4v) is 2.92. The number of aromatic nitrogens is 2. The van der Waals surface area contributed by atoms with Crippen LogP contribution >= 0.6 is 11.8 Å². The SMILES string of the molecule is Cc1cc(F)c(-n2nc(OC(F)(F)C(F)C(F)(F)F)cc2N)cc1SCC(F)(F)F. The van der Waals surface area contributed by atoms with Crippen molar-refractivity contribution in [3.63, 3.8) is 0 Å². The number of aryl methyl sites for hydroxylation is 1. The molecular weight excluding hydrogens is 460 g/mol. The van der Waals surface area contributed by atoms with E-state index < -0.39 is 53.6 Å². The molecule has 0 saturated heterocycles. The summed E-state index contributed by atoms with van der Waals surface area (Å²) in [5.74, 6) is -4.27. The number of thioether (sulfide) groups is 1. The fourth-order valence-electron chi connectivity index (χ4n) is 2.12. The van der Waals surface area contributed by atoms with E-state index in [4.69, 9.17) is 5.73 Å². The van der Waals surface area contributed by atoms with Crippen LogP contribution in [0.25, 0.3) is 5.69 Å². The molecule has 168 valence electrons. The molecule has 0 aliphatic rings. The van der Waals surface area contributed by atoms with Gasteiger partial charge in [-0.25, -0.2) is 13.5 Å². The van der Waals surface area contributed by atoms with Crippen LogP contribution in [0.5, 0.6) is 5.88 Å². The van der Waals surface area contributed by atoms with E-state index in [0.29, 0.717) is 22.5 Å². The van der Waals surface area contributed by atoms with Gasteiger partial charge in [0.2, 0.25) is 5.88 Å². The second-order valence-corrected chi connectivity index (χ2v) is 6.88. The molecule has 4 nitrogen and oxygen atoms in total. The number of hydrogen-bond acceptors (Lipinski definition) is 4. The molecule has 2 aromatic rings. The zero-order valence-electron chi connectivity index (χ0n) is 14.6. The Morgan fingerprint density at radius 1 is 1.10 bits per heavy atom. The summed E-state index contributed by atoms with van der Waals surface area (Å²) >= 11 is 0.301. The summed E-state index contributed by atoms with van der Waals surface area (Å²) in [7, 11) is 0. The summed E-state index contributed by atoms with van der Waals surface area (Å²) in [6.07, 6.45) is -20.5. The van der Waals surface area contributed by atoms with Crippen LogP contribution in [0.1, 0.15) is 5.56 Å². The number of rotatable bonds is 6. The Kier molecular flexibility index (Phi) is 6.45. The largest absolute Gasteiger partial charge is 0.440 e. The van der Waals surface area contributed by atoms with Gasteiger partial charge in [-0.2, -0.15) is 35.1 Å². The lowest BCUT2D eigenvalue weighted by atomic mass is 10.2. The summed E-state index contributed by atoms with van der Waals surface area (Å²) in [6.45, 7) is 1.31. The van der Waals surface area contributed by atoms with Gasteiger partial charge in [-0.1, -0.05) is 0 Å². The topological polar surface area (TPSA) is 53.1 Å². The molecule has 1 unspecified atom stereocenters. The van der Waals surface area contributed by atoms with Gasteiger partial charge in [0.15, 0.2) is 0 Å². The zero-order valence-corrected chi connectivity index (χ0v) is 15.4.